The molecule has 5 rings (SSSR count). The number of urea groups is 1. The second-order valence-corrected chi connectivity index (χ2v) is 8.58. The number of rotatable bonds is 9. The summed E-state index contributed by atoms with van der Waals surface area (Å²) in [5.41, 5.74) is -0.316. The van der Waals surface area contributed by atoms with E-state index in [4.69, 9.17) is 18.6 Å². The molecule has 0 bridgehead atoms. The molecule has 0 spiro atoms. The van der Waals surface area contributed by atoms with Crippen LogP contribution in [0.15, 0.2) is 77.2 Å². The number of hydrogen-bond donors (Lipinski definition) is 2. The monoisotopic (exact) mass is 539 g/mol. The molecule has 12 nitrogen and oxygen atoms in total. The normalized spacial score (nSPS) is 14.2. The minimum absolute atomic E-state index is 0.0459. The van der Waals surface area contributed by atoms with E-state index in [2.05, 4.69) is 26.9 Å². The van der Waals surface area contributed by atoms with E-state index in [9.17, 15) is 19.6 Å². The molecular formula is C28H21N5O7. The Bertz CT molecular complexity index is 1590. The van der Waals surface area contributed by atoms with E-state index >= 15 is 0 Å². The van der Waals surface area contributed by atoms with Crippen LogP contribution in [-0.4, -0.2) is 47.4 Å². The fourth-order valence-corrected chi connectivity index (χ4v) is 3.95. The number of methoxy groups -OCH3 is 1. The number of barbiturate groups is 1. The number of ether oxygens (including phenoxy) is 3. The zero-order chi connectivity index (χ0) is 28.1. The van der Waals surface area contributed by atoms with Gasteiger partial charge in [0.2, 0.25) is 11.8 Å². The van der Waals surface area contributed by atoms with E-state index in [1.807, 2.05) is 0 Å². The molecule has 3 aromatic carbocycles. The Labute approximate surface area is 227 Å². The van der Waals surface area contributed by atoms with Gasteiger partial charge in [-0.05, 0) is 60.7 Å². The number of nitrogens with zero attached hydrogens (tertiary/aromatic N) is 3. The Morgan fingerprint density at radius 3 is 2.10 bits per heavy atom. The average molecular weight is 540 g/mol. The second-order valence-electron chi connectivity index (χ2n) is 8.58. The molecule has 1 aromatic heterocycles. The Morgan fingerprint density at radius 1 is 0.850 bits per heavy atom. The molecule has 12 heteroatoms. The van der Waals surface area contributed by atoms with E-state index in [-0.39, 0.29) is 30.6 Å². The van der Waals surface area contributed by atoms with Gasteiger partial charge in [-0.2, -0.15) is 5.26 Å². The van der Waals surface area contributed by atoms with Crippen LogP contribution in [0.1, 0.15) is 12.0 Å². The van der Waals surface area contributed by atoms with Crippen LogP contribution in [0.3, 0.4) is 0 Å². The number of nitriles is 1. The van der Waals surface area contributed by atoms with Crippen molar-refractivity contribution in [2.45, 2.75) is 12.0 Å². The van der Waals surface area contributed by atoms with Crippen LogP contribution in [0.25, 0.3) is 22.9 Å². The van der Waals surface area contributed by atoms with Gasteiger partial charge in [0.15, 0.2) is 0 Å². The van der Waals surface area contributed by atoms with Gasteiger partial charge in [0.1, 0.15) is 17.2 Å². The lowest BCUT2D eigenvalue weighted by molar-refractivity contribution is -0.153. The number of aromatic nitrogens is 2. The summed E-state index contributed by atoms with van der Waals surface area (Å²) in [6.45, 7) is 0.0459. The molecule has 0 saturated carbocycles. The predicted molar refractivity (Wildman–Crippen MR) is 138 cm³/mol. The Kier molecular flexibility index (Phi) is 7.21. The molecule has 40 heavy (non-hydrogen) atoms. The molecular weight excluding hydrogens is 518 g/mol. The molecule has 1 aliphatic heterocycles. The summed E-state index contributed by atoms with van der Waals surface area (Å²) in [5, 5.41) is 21.6. The maximum Gasteiger partial charge on any atom is 0.328 e. The Hall–Kier alpha value is -5.54. The highest BCUT2D eigenvalue weighted by Gasteiger charge is 2.52. The molecule has 200 valence electrons. The molecule has 4 amide bonds. The van der Waals surface area contributed by atoms with Crippen molar-refractivity contribution in [1.82, 2.24) is 20.8 Å². The molecule has 4 aromatic rings. The van der Waals surface area contributed by atoms with Crippen molar-refractivity contribution in [3.63, 3.8) is 0 Å². The van der Waals surface area contributed by atoms with Gasteiger partial charge >= 0.3 is 6.03 Å². The maximum absolute atomic E-state index is 12.6. The molecule has 2 heterocycles. The van der Waals surface area contributed by atoms with Crippen molar-refractivity contribution in [2.24, 2.45) is 0 Å². The lowest BCUT2D eigenvalue weighted by atomic mass is 9.95. The molecule has 0 aliphatic carbocycles. The van der Waals surface area contributed by atoms with Crippen molar-refractivity contribution in [3.8, 4) is 46.2 Å². The first-order chi connectivity index (χ1) is 19.4. The minimum atomic E-state index is -1.96. The van der Waals surface area contributed by atoms with Gasteiger partial charge in [0, 0.05) is 19.1 Å². The maximum atomic E-state index is 12.6. The summed E-state index contributed by atoms with van der Waals surface area (Å²) in [7, 11) is 1.42. The quantitative estimate of drug-likeness (QED) is 0.300. The van der Waals surface area contributed by atoms with Gasteiger partial charge in [-0.1, -0.05) is 12.1 Å². The van der Waals surface area contributed by atoms with Crippen LogP contribution in [0, 0.1) is 11.3 Å². The van der Waals surface area contributed by atoms with Crippen LogP contribution in [0.5, 0.6) is 17.2 Å². The molecule has 2 N–H and O–H groups in total. The van der Waals surface area contributed by atoms with E-state index in [1.165, 1.54) is 19.2 Å². The summed E-state index contributed by atoms with van der Waals surface area (Å²) >= 11 is 0. The standard InChI is InChI=1S/C28H21N5O7/c1-37-15-14-28(25(34)30-27(36)31-26(28)35)40-21-12-10-20(11-13-21)38-19-8-6-17(7-9-19)23-32-33-24(39-23)22-5-3-2-4-18(22)16-29/h2-13H,14-15H2,1H3,(H2,30,31,34,35,36). The fourth-order valence-electron chi connectivity index (χ4n) is 3.95. The first-order valence-electron chi connectivity index (χ1n) is 12.0. The SMILES string of the molecule is COCCC1(Oc2ccc(Oc3ccc(-c4nnc(-c5ccccc5C#N)o4)cc3)cc2)C(=O)NC(=O)NC1=O. The van der Waals surface area contributed by atoms with Crippen molar-refractivity contribution in [2.75, 3.05) is 13.7 Å². The first kappa shape index (κ1) is 26.1. The third-order valence-corrected chi connectivity index (χ3v) is 6.00. The highest BCUT2D eigenvalue weighted by Crippen LogP contribution is 2.31. The zero-order valence-electron chi connectivity index (χ0n) is 21.0. The van der Waals surface area contributed by atoms with E-state index in [1.54, 1.807) is 60.7 Å². The minimum Gasteiger partial charge on any atom is -0.467 e. The molecule has 0 unspecified atom stereocenters. The summed E-state index contributed by atoms with van der Waals surface area (Å²) in [6, 6.07) is 21.4. The van der Waals surface area contributed by atoms with Crippen LogP contribution >= 0.6 is 0 Å². The van der Waals surface area contributed by atoms with Crippen molar-refractivity contribution < 1.29 is 33.0 Å². The Balaban J connectivity index is 1.27. The van der Waals surface area contributed by atoms with Gasteiger partial charge in [-0.3, -0.25) is 20.2 Å². The van der Waals surface area contributed by atoms with Crippen molar-refractivity contribution in [3.05, 3.63) is 78.4 Å². The average Bonchev–Trinajstić information content (AvgIpc) is 3.46. The lowest BCUT2D eigenvalue weighted by Gasteiger charge is -2.34. The molecule has 1 aliphatic rings. The van der Waals surface area contributed by atoms with E-state index in [0.29, 0.717) is 28.2 Å². The van der Waals surface area contributed by atoms with Gasteiger partial charge in [-0.25, -0.2) is 4.79 Å². The van der Waals surface area contributed by atoms with E-state index in [0.717, 1.165) is 0 Å². The van der Waals surface area contributed by atoms with Crippen LogP contribution in [0.4, 0.5) is 4.79 Å². The first-order valence-corrected chi connectivity index (χ1v) is 12.0. The fraction of sp³-hybridized carbons (Fsp3) is 0.143. The summed E-state index contributed by atoms with van der Waals surface area (Å²) < 4.78 is 22.5. The molecule has 1 saturated heterocycles. The second kappa shape index (κ2) is 11.1. The van der Waals surface area contributed by atoms with Gasteiger partial charge in [0.05, 0.1) is 23.8 Å². The molecule has 1 fully saturated rings. The number of carbonyl (C=O) groups excluding carboxylic acids is 3. The van der Waals surface area contributed by atoms with Gasteiger partial charge < -0.3 is 18.6 Å². The summed E-state index contributed by atoms with van der Waals surface area (Å²) in [6.07, 6.45) is -0.106. The number of carbonyl (C=O) groups is 3. The topological polar surface area (TPSA) is 166 Å². The van der Waals surface area contributed by atoms with Crippen molar-refractivity contribution >= 4 is 17.8 Å². The van der Waals surface area contributed by atoms with Crippen LogP contribution in [-0.2, 0) is 14.3 Å². The third kappa shape index (κ3) is 5.22. The number of nitrogens with one attached hydrogen (secondary N) is 2. The Morgan fingerprint density at radius 2 is 1.45 bits per heavy atom. The largest absolute Gasteiger partial charge is 0.467 e. The molecule has 0 radical (unpaired) electrons. The van der Waals surface area contributed by atoms with Gasteiger partial charge in [0.25, 0.3) is 17.4 Å². The van der Waals surface area contributed by atoms with Crippen LogP contribution in [0.2, 0.25) is 0 Å². The zero-order valence-corrected chi connectivity index (χ0v) is 21.0. The lowest BCUT2D eigenvalue weighted by Crippen LogP contribution is -2.69. The van der Waals surface area contributed by atoms with E-state index < -0.39 is 23.4 Å². The number of imide groups is 2. The highest BCUT2D eigenvalue weighted by molar-refractivity contribution is 6.21. The third-order valence-electron chi connectivity index (χ3n) is 6.00. The number of benzene rings is 3. The van der Waals surface area contributed by atoms with Crippen molar-refractivity contribution in [1.29, 1.82) is 5.26 Å². The summed E-state index contributed by atoms with van der Waals surface area (Å²) in [5.74, 6) is -0.0179. The smallest absolute Gasteiger partial charge is 0.328 e. The molecule has 0 atom stereocenters. The van der Waals surface area contributed by atoms with Gasteiger partial charge in [-0.15, -0.1) is 10.2 Å². The highest BCUT2D eigenvalue weighted by atomic mass is 16.5. The van der Waals surface area contributed by atoms with Crippen LogP contribution < -0.4 is 20.1 Å². The number of amides is 4. The number of hydrogen-bond acceptors (Lipinski definition) is 10. The predicted octanol–water partition coefficient (Wildman–Crippen LogP) is 3.59. The summed E-state index contributed by atoms with van der Waals surface area (Å²) in [4.78, 5) is 36.6.